The first kappa shape index (κ1) is 17.4. The molecule has 134 valence electrons. The molecule has 0 saturated heterocycles. The van der Waals surface area contributed by atoms with Crippen LogP contribution in [-0.2, 0) is 18.4 Å². The lowest BCUT2D eigenvalue weighted by Crippen LogP contribution is -2.20. The van der Waals surface area contributed by atoms with E-state index in [2.05, 4.69) is 20.8 Å². The van der Waals surface area contributed by atoms with Crippen LogP contribution in [0.25, 0.3) is 0 Å². The molecule has 0 fully saturated rings. The van der Waals surface area contributed by atoms with Crippen molar-refractivity contribution in [2.75, 3.05) is 10.6 Å². The topological polar surface area (TPSA) is 93.8 Å². The second kappa shape index (κ2) is 7.22. The van der Waals surface area contributed by atoms with Gasteiger partial charge in [-0.3, -0.25) is 19.0 Å². The number of aryl methyl sites for hydroxylation is 3. The Balaban J connectivity index is 1.64. The van der Waals surface area contributed by atoms with Crippen LogP contribution in [0.3, 0.4) is 0 Å². The zero-order chi connectivity index (χ0) is 18.7. The summed E-state index contributed by atoms with van der Waals surface area (Å²) in [5.74, 6) is -0.499. The molecule has 26 heavy (non-hydrogen) atoms. The zero-order valence-corrected chi connectivity index (χ0v) is 14.9. The molecular weight excluding hydrogens is 332 g/mol. The van der Waals surface area contributed by atoms with E-state index in [-0.39, 0.29) is 18.4 Å². The van der Waals surface area contributed by atoms with E-state index in [1.807, 2.05) is 19.9 Å². The molecule has 0 saturated carbocycles. The van der Waals surface area contributed by atoms with Gasteiger partial charge in [-0.2, -0.15) is 10.2 Å². The summed E-state index contributed by atoms with van der Waals surface area (Å²) in [7, 11) is 1.75. The highest BCUT2D eigenvalue weighted by atomic mass is 16.2. The van der Waals surface area contributed by atoms with Crippen molar-refractivity contribution < 1.29 is 9.59 Å². The maximum atomic E-state index is 12.2. The Morgan fingerprint density at radius 2 is 1.77 bits per heavy atom. The van der Waals surface area contributed by atoms with Crippen LogP contribution in [0.1, 0.15) is 21.9 Å². The Bertz CT molecular complexity index is 956. The first-order chi connectivity index (χ1) is 12.4. The van der Waals surface area contributed by atoms with Crippen LogP contribution < -0.4 is 10.6 Å². The van der Waals surface area contributed by atoms with E-state index < -0.39 is 0 Å². The smallest absolute Gasteiger partial charge is 0.276 e. The molecule has 2 aromatic heterocycles. The first-order valence-corrected chi connectivity index (χ1v) is 8.12. The van der Waals surface area contributed by atoms with Gasteiger partial charge >= 0.3 is 0 Å². The third-order valence-corrected chi connectivity index (χ3v) is 3.75. The van der Waals surface area contributed by atoms with E-state index in [4.69, 9.17) is 0 Å². The number of aromatic nitrogens is 4. The van der Waals surface area contributed by atoms with Crippen molar-refractivity contribution in [1.82, 2.24) is 19.6 Å². The molecule has 8 heteroatoms. The highest BCUT2D eigenvalue weighted by molar-refractivity contribution is 6.03. The summed E-state index contributed by atoms with van der Waals surface area (Å²) in [6, 6.07) is 10.5. The minimum Gasteiger partial charge on any atom is -0.324 e. The number of hydrogen-bond donors (Lipinski definition) is 2. The SMILES string of the molecule is Cc1cc(C)n(CC(=O)Nc2cccc(NC(=O)c3ccn(C)n3)c2)n1. The first-order valence-electron chi connectivity index (χ1n) is 8.12. The Morgan fingerprint density at radius 1 is 1.04 bits per heavy atom. The van der Waals surface area contributed by atoms with Gasteiger partial charge in [-0.1, -0.05) is 6.07 Å². The molecule has 0 radical (unpaired) electrons. The van der Waals surface area contributed by atoms with Gasteiger partial charge in [0.25, 0.3) is 5.91 Å². The van der Waals surface area contributed by atoms with Crippen LogP contribution in [0.4, 0.5) is 11.4 Å². The fourth-order valence-corrected chi connectivity index (χ4v) is 2.58. The quantitative estimate of drug-likeness (QED) is 0.735. The van der Waals surface area contributed by atoms with Crippen LogP contribution in [-0.4, -0.2) is 31.4 Å². The number of anilines is 2. The molecule has 0 spiro atoms. The second-order valence-electron chi connectivity index (χ2n) is 6.04. The molecular formula is C18H20N6O2. The molecule has 1 aromatic carbocycles. The van der Waals surface area contributed by atoms with Gasteiger partial charge in [0.2, 0.25) is 5.91 Å². The molecule has 2 N–H and O–H groups in total. The molecule has 0 unspecified atom stereocenters. The van der Waals surface area contributed by atoms with E-state index in [9.17, 15) is 9.59 Å². The second-order valence-corrected chi connectivity index (χ2v) is 6.04. The van der Waals surface area contributed by atoms with Gasteiger partial charge in [0.1, 0.15) is 6.54 Å². The van der Waals surface area contributed by atoms with Gasteiger partial charge in [-0.05, 0) is 44.2 Å². The molecule has 8 nitrogen and oxygen atoms in total. The molecule has 0 aliphatic rings. The van der Waals surface area contributed by atoms with Gasteiger partial charge in [-0.25, -0.2) is 0 Å². The van der Waals surface area contributed by atoms with Crippen LogP contribution in [0.5, 0.6) is 0 Å². The number of carbonyl (C=O) groups is 2. The Kier molecular flexibility index (Phi) is 4.83. The summed E-state index contributed by atoms with van der Waals surface area (Å²) in [5, 5.41) is 13.9. The van der Waals surface area contributed by atoms with Crippen molar-refractivity contribution in [1.29, 1.82) is 0 Å². The molecule has 3 aromatic rings. The van der Waals surface area contributed by atoms with Crippen molar-refractivity contribution >= 4 is 23.2 Å². The largest absolute Gasteiger partial charge is 0.324 e. The fourth-order valence-electron chi connectivity index (χ4n) is 2.58. The van der Waals surface area contributed by atoms with Gasteiger partial charge in [0, 0.05) is 30.3 Å². The average molecular weight is 352 g/mol. The maximum Gasteiger partial charge on any atom is 0.276 e. The van der Waals surface area contributed by atoms with Crippen LogP contribution in [0.2, 0.25) is 0 Å². The predicted molar refractivity (Wildman–Crippen MR) is 97.9 cm³/mol. The van der Waals surface area contributed by atoms with Crippen molar-refractivity contribution in [3.05, 3.63) is 59.7 Å². The van der Waals surface area contributed by atoms with E-state index in [0.29, 0.717) is 17.1 Å². The number of carbonyl (C=O) groups excluding carboxylic acids is 2. The third-order valence-electron chi connectivity index (χ3n) is 3.75. The molecule has 3 rings (SSSR count). The zero-order valence-electron chi connectivity index (χ0n) is 14.9. The summed E-state index contributed by atoms with van der Waals surface area (Å²) in [6.45, 7) is 3.92. The Hall–Kier alpha value is -3.42. The molecule has 0 aliphatic carbocycles. The average Bonchev–Trinajstić information content (AvgIpc) is 3.13. The van der Waals surface area contributed by atoms with Crippen LogP contribution >= 0.6 is 0 Å². The minimum absolute atomic E-state index is 0.129. The lowest BCUT2D eigenvalue weighted by atomic mass is 10.2. The lowest BCUT2D eigenvalue weighted by molar-refractivity contribution is -0.116. The Labute approximate surface area is 150 Å². The Morgan fingerprint density at radius 3 is 2.38 bits per heavy atom. The highest BCUT2D eigenvalue weighted by Gasteiger charge is 2.11. The molecule has 0 atom stereocenters. The van der Waals surface area contributed by atoms with Crippen molar-refractivity contribution in [3.8, 4) is 0 Å². The monoisotopic (exact) mass is 352 g/mol. The van der Waals surface area contributed by atoms with E-state index >= 15 is 0 Å². The molecule has 2 heterocycles. The summed E-state index contributed by atoms with van der Waals surface area (Å²) >= 11 is 0. The number of rotatable bonds is 5. The van der Waals surface area contributed by atoms with Crippen LogP contribution in [0.15, 0.2) is 42.6 Å². The maximum absolute atomic E-state index is 12.2. The summed E-state index contributed by atoms with van der Waals surface area (Å²) in [5.41, 5.74) is 3.29. The number of nitrogens with zero attached hydrogens (tertiary/aromatic N) is 4. The number of nitrogens with one attached hydrogen (secondary N) is 2. The van der Waals surface area contributed by atoms with Gasteiger partial charge < -0.3 is 10.6 Å². The standard InChI is InChI=1S/C18H20N6O2/c1-12-9-13(2)24(21-12)11-17(25)19-14-5-4-6-15(10-14)20-18(26)16-7-8-23(3)22-16/h4-10H,11H2,1-3H3,(H,19,25)(H,20,26). The molecule has 0 bridgehead atoms. The summed E-state index contributed by atoms with van der Waals surface area (Å²) in [4.78, 5) is 24.4. The van der Waals surface area contributed by atoms with Gasteiger partial charge in [-0.15, -0.1) is 0 Å². The number of amides is 2. The number of hydrogen-bond acceptors (Lipinski definition) is 4. The van der Waals surface area contributed by atoms with Crippen molar-refractivity contribution in [2.24, 2.45) is 7.05 Å². The van der Waals surface area contributed by atoms with Crippen molar-refractivity contribution in [2.45, 2.75) is 20.4 Å². The minimum atomic E-state index is -0.309. The van der Waals surface area contributed by atoms with E-state index in [1.54, 1.807) is 52.9 Å². The van der Waals surface area contributed by atoms with Gasteiger partial charge in [0.15, 0.2) is 5.69 Å². The highest BCUT2D eigenvalue weighted by Crippen LogP contribution is 2.16. The molecule has 2 amide bonds. The summed E-state index contributed by atoms with van der Waals surface area (Å²) < 4.78 is 3.21. The summed E-state index contributed by atoms with van der Waals surface area (Å²) in [6.07, 6.45) is 1.70. The normalized spacial score (nSPS) is 10.6. The number of benzene rings is 1. The van der Waals surface area contributed by atoms with E-state index in [0.717, 1.165) is 11.4 Å². The third kappa shape index (κ3) is 4.15. The predicted octanol–water partition coefficient (Wildman–Crippen LogP) is 2.12. The fraction of sp³-hybridized carbons (Fsp3) is 0.222. The van der Waals surface area contributed by atoms with Crippen LogP contribution in [0, 0.1) is 13.8 Å². The molecule has 0 aliphatic heterocycles. The van der Waals surface area contributed by atoms with Gasteiger partial charge in [0.05, 0.1) is 5.69 Å². The van der Waals surface area contributed by atoms with E-state index in [1.165, 1.54) is 0 Å². The van der Waals surface area contributed by atoms with Crippen molar-refractivity contribution in [3.63, 3.8) is 0 Å². The lowest BCUT2D eigenvalue weighted by Gasteiger charge is -2.09.